The van der Waals surface area contributed by atoms with E-state index in [0.717, 1.165) is 0 Å². The zero-order chi connectivity index (χ0) is 21.9. The van der Waals surface area contributed by atoms with Crippen molar-refractivity contribution < 1.29 is 33.3 Å². The quantitative estimate of drug-likeness (QED) is 0.659. The molecule has 2 heterocycles. The highest BCUT2D eigenvalue weighted by Gasteiger charge is 2.42. The Bertz CT molecular complexity index is 805. The molecule has 0 aliphatic carbocycles. The van der Waals surface area contributed by atoms with Crippen LogP contribution in [0.2, 0.25) is 0 Å². The van der Waals surface area contributed by atoms with Gasteiger partial charge in [0.25, 0.3) is 11.8 Å². The van der Waals surface area contributed by atoms with Crippen LogP contribution < -0.4 is 9.80 Å². The minimum atomic E-state index is -1.18. The second-order valence-electron chi connectivity index (χ2n) is 8.09. The van der Waals surface area contributed by atoms with Crippen LogP contribution in [-0.2, 0) is 33.3 Å². The number of benzene rings is 1. The molecule has 164 valence electrons. The first kappa shape index (κ1) is 22.2. The number of esters is 1. The number of nitrogens with zero attached hydrogens (tertiary/aromatic N) is 2. The maximum absolute atomic E-state index is 13.2. The van der Waals surface area contributed by atoms with Gasteiger partial charge >= 0.3 is 5.97 Å². The van der Waals surface area contributed by atoms with Crippen molar-refractivity contribution >= 4 is 29.2 Å². The smallest absolute Gasteiger partial charge is 0.339 e. The van der Waals surface area contributed by atoms with Crippen LogP contribution in [-0.4, -0.2) is 75.6 Å². The molecule has 0 aromatic heterocycles. The zero-order valence-electron chi connectivity index (χ0n) is 17.8. The van der Waals surface area contributed by atoms with E-state index < -0.39 is 29.7 Å². The maximum atomic E-state index is 13.2. The average Bonchev–Trinajstić information content (AvgIpc) is 2.69. The standard InChI is InChI=1S/C21H28N2O7/c1-21(2,3)30-20(26)18(27-4)17-19(25)23(9-11-29-17)15-7-5-6-14(12-15)22-8-10-28-13-16(22)24/h5-7,12,17-18H,8-11,13H2,1-4H3/t17-,18-/m1/s1. The summed E-state index contributed by atoms with van der Waals surface area (Å²) in [5.41, 5.74) is 0.584. The molecular formula is C21H28N2O7. The van der Waals surface area contributed by atoms with Crippen LogP contribution in [0.1, 0.15) is 20.8 Å². The molecule has 2 amide bonds. The number of hydrogen-bond donors (Lipinski definition) is 0. The molecule has 2 atom stereocenters. The molecule has 2 fully saturated rings. The van der Waals surface area contributed by atoms with Crippen molar-refractivity contribution in [3.63, 3.8) is 0 Å². The van der Waals surface area contributed by atoms with Crippen molar-refractivity contribution in [1.29, 1.82) is 0 Å². The third kappa shape index (κ3) is 4.97. The number of rotatable bonds is 5. The Morgan fingerprint density at radius 1 is 1.13 bits per heavy atom. The summed E-state index contributed by atoms with van der Waals surface area (Å²) in [6.07, 6.45) is -2.30. The lowest BCUT2D eigenvalue weighted by Gasteiger charge is -2.36. The molecule has 9 heteroatoms. The number of morpholine rings is 2. The molecule has 0 saturated carbocycles. The van der Waals surface area contributed by atoms with E-state index in [2.05, 4.69) is 0 Å². The van der Waals surface area contributed by atoms with E-state index >= 15 is 0 Å². The molecule has 3 rings (SSSR count). The summed E-state index contributed by atoms with van der Waals surface area (Å²) >= 11 is 0. The lowest BCUT2D eigenvalue weighted by Crippen LogP contribution is -2.56. The van der Waals surface area contributed by atoms with Crippen molar-refractivity contribution in [1.82, 2.24) is 0 Å². The number of anilines is 2. The predicted molar refractivity (Wildman–Crippen MR) is 108 cm³/mol. The van der Waals surface area contributed by atoms with E-state index in [0.29, 0.717) is 31.1 Å². The fourth-order valence-electron chi connectivity index (χ4n) is 3.40. The van der Waals surface area contributed by atoms with Gasteiger partial charge in [-0.1, -0.05) is 6.07 Å². The summed E-state index contributed by atoms with van der Waals surface area (Å²) in [4.78, 5) is 41.0. The lowest BCUT2D eigenvalue weighted by atomic mass is 10.1. The second-order valence-corrected chi connectivity index (χ2v) is 8.09. The van der Waals surface area contributed by atoms with Crippen molar-refractivity contribution in [3.05, 3.63) is 24.3 Å². The second kappa shape index (κ2) is 9.11. The Kier molecular flexibility index (Phi) is 6.74. The Balaban J connectivity index is 1.80. The molecule has 1 aromatic rings. The van der Waals surface area contributed by atoms with Crippen molar-refractivity contribution in [2.45, 2.75) is 38.6 Å². The number of hydrogen-bond acceptors (Lipinski definition) is 7. The third-order valence-electron chi connectivity index (χ3n) is 4.73. The first-order valence-corrected chi connectivity index (χ1v) is 9.88. The lowest BCUT2D eigenvalue weighted by molar-refractivity contribution is -0.180. The number of amides is 2. The Morgan fingerprint density at radius 2 is 1.80 bits per heavy atom. The van der Waals surface area contributed by atoms with Crippen LogP contribution in [0.15, 0.2) is 24.3 Å². The third-order valence-corrected chi connectivity index (χ3v) is 4.73. The predicted octanol–water partition coefficient (Wildman–Crippen LogP) is 1.14. The molecule has 0 unspecified atom stereocenters. The van der Waals surface area contributed by atoms with Gasteiger partial charge in [0, 0.05) is 31.6 Å². The first-order chi connectivity index (χ1) is 14.2. The van der Waals surface area contributed by atoms with Gasteiger partial charge in [0.2, 0.25) is 0 Å². The van der Waals surface area contributed by atoms with E-state index in [4.69, 9.17) is 18.9 Å². The molecule has 2 aliphatic heterocycles. The minimum Gasteiger partial charge on any atom is -0.458 e. The summed E-state index contributed by atoms with van der Waals surface area (Å²) in [5.74, 6) is -1.18. The fourth-order valence-corrected chi connectivity index (χ4v) is 3.40. The van der Waals surface area contributed by atoms with E-state index in [1.54, 1.807) is 48.8 Å². The van der Waals surface area contributed by atoms with Gasteiger partial charge in [0.1, 0.15) is 12.2 Å². The Hall–Kier alpha value is -2.49. The van der Waals surface area contributed by atoms with Gasteiger partial charge in [-0.15, -0.1) is 0 Å². The number of methoxy groups -OCH3 is 1. The fraction of sp³-hybridized carbons (Fsp3) is 0.571. The molecule has 0 N–H and O–H groups in total. The van der Waals surface area contributed by atoms with E-state index in [1.165, 1.54) is 7.11 Å². The Labute approximate surface area is 175 Å². The summed E-state index contributed by atoms with van der Waals surface area (Å²) in [6, 6.07) is 7.16. The summed E-state index contributed by atoms with van der Waals surface area (Å²) in [5, 5.41) is 0. The van der Waals surface area contributed by atoms with Gasteiger partial charge in [-0.25, -0.2) is 4.79 Å². The summed E-state index contributed by atoms with van der Waals surface area (Å²) in [6.45, 7) is 6.73. The SMILES string of the molecule is CO[C@@H](C(=O)OC(C)(C)C)[C@H]1OCCN(c2cccc(N3CCOCC3=O)c2)C1=O. The molecule has 0 bridgehead atoms. The largest absolute Gasteiger partial charge is 0.458 e. The number of ether oxygens (including phenoxy) is 4. The Morgan fingerprint density at radius 3 is 2.43 bits per heavy atom. The first-order valence-electron chi connectivity index (χ1n) is 9.88. The molecule has 1 aromatic carbocycles. The van der Waals surface area contributed by atoms with E-state index in [9.17, 15) is 14.4 Å². The van der Waals surface area contributed by atoms with E-state index in [-0.39, 0.29) is 19.1 Å². The van der Waals surface area contributed by atoms with Gasteiger partial charge in [0.15, 0.2) is 12.2 Å². The maximum Gasteiger partial charge on any atom is 0.339 e. The normalized spacial score (nSPS) is 21.5. The number of carbonyl (C=O) groups excluding carboxylic acids is 3. The molecule has 0 spiro atoms. The molecule has 2 aliphatic rings. The molecule has 30 heavy (non-hydrogen) atoms. The van der Waals surface area contributed by atoms with Crippen LogP contribution in [0.5, 0.6) is 0 Å². The van der Waals surface area contributed by atoms with Crippen molar-refractivity contribution in [2.24, 2.45) is 0 Å². The summed E-state index contributed by atoms with van der Waals surface area (Å²) < 4.78 is 21.4. The van der Waals surface area contributed by atoms with Gasteiger partial charge in [-0.3, -0.25) is 9.59 Å². The number of carbonyl (C=O) groups is 3. The van der Waals surface area contributed by atoms with Crippen molar-refractivity contribution in [2.75, 3.05) is 49.8 Å². The van der Waals surface area contributed by atoms with Crippen LogP contribution >= 0.6 is 0 Å². The van der Waals surface area contributed by atoms with Gasteiger partial charge in [0.05, 0.1) is 13.2 Å². The highest BCUT2D eigenvalue weighted by Crippen LogP contribution is 2.27. The van der Waals surface area contributed by atoms with Gasteiger partial charge in [-0.05, 0) is 39.0 Å². The van der Waals surface area contributed by atoms with Gasteiger partial charge in [-0.2, -0.15) is 0 Å². The average molecular weight is 420 g/mol. The van der Waals surface area contributed by atoms with Gasteiger partial charge < -0.3 is 28.7 Å². The molecule has 0 radical (unpaired) electrons. The van der Waals surface area contributed by atoms with Crippen molar-refractivity contribution in [3.8, 4) is 0 Å². The van der Waals surface area contributed by atoms with Crippen LogP contribution in [0, 0.1) is 0 Å². The topological polar surface area (TPSA) is 94.6 Å². The highest BCUT2D eigenvalue weighted by molar-refractivity contribution is 6.01. The van der Waals surface area contributed by atoms with Crippen LogP contribution in [0.4, 0.5) is 11.4 Å². The van der Waals surface area contributed by atoms with Crippen LogP contribution in [0.3, 0.4) is 0 Å². The van der Waals surface area contributed by atoms with Crippen LogP contribution in [0.25, 0.3) is 0 Å². The highest BCUT2D eigenvalue weighted by atomic mass is 16.6. The zero-order valence-corrected chi connectivity index (χ0v) is 17.8. The summed E-state index contributed by atoms with van der Waals surface area (Å²) in [7, 11) is 1.34. The monoisotopic (exact) mass is 420 g/mol. The van der Waals surface area contributed by atoms with E-state index in [1.807, 2.05) is 6.07 Å². The molecular weight excluding hydrogens is 392 g/mol. The minimum absolute atomic E-state index is 0.0359. The molecule has 2 saturated heterocycles. The molecule has 9 nitrogen and oxygen atoms in total.